The SMILES string of the molecule is CCN(CCO)c1nccnc1N. The molecule has 0 saturated carbocycles. The lowest BCUT2D eigenvalue weighted by atomic mass is 10.4. The van der Waals surface area contributed by atoms with Gasteiger partial charge in [0.25, 0.3) is 0 Å². The second-order valence-electron chi connectivity index (χ2n) is 2.57. The standard InChI is InChI=1S/C8H14N4O/c1-2-12(5-6-13)8-7(9)10-3-4-11-8/h3-4,13H,2,5-6H2,1H3,(H2,9,10). The number of hydrogen-bond donors (Lipinski definition) is 2. The van der Waals surface area contributed by atoms with Crippen molar-refractivity contribution in [3.8, 4) is 0 Å². The molecule has 0 saturated heterocycles. The zero-order valence-corrected chi connectivity index (χ0v) is 7.64. The summed E-state index contributed by atoms with van der Waals surface area (Å²) >= 11 is 0. The summed E-state index contributed by atoms with van der Waals surface area (Å²) in [5, 5.41) is 8.79. The Bertz CT molecular complexity index is 266. The van der Waals surface area contributed by atoms with Gasteiger partial charge in [0, 0.05) is 25.5 Å². The van der Waals surface area contributed by atoms with Gasteiger partial charge >= 0.3 is 0 Å². The predicted octanol–water partition coefficient (Wildman–Crippen LogP) is -0.123. The molecule has 0 bridgehead atoms. The van der Waals surface area contributed by atoms with Crippen molar-refractivity contribution in [1.29, 1.82) is 0 Å². The number of nitrogens with zero attached hydrogens (tertiary/aromatic N) is 3. The highest BCUT2D eigenvalue weighted by atomic mass is 16.3. The highest BCUT2D eigenvalue weighted by Gasteiger charge is 2.08. The number of nitrogens with two attached hydrogens (primary N) is 1. The number of rotatable bonds is 4. The van der Waals surface area contributed by atoms with E-state index in [9.17, 15) is 0 Å². The molecule has 5 nitrogen and oxygen atoms in total. The third-order valence-corrected chi connectivity index (χ3v) is 1.76. The molecule has 0 fully saturated rings. The van der Waals surface area contributed by atoms with Gasteiger partial charge in [0.15, 0.2) is 11.6 Å². The minimum Gasteiger partial charge on any atom is -0.395 e. The minimum absolute atomic E-state index is 0.0872. The molecule has 1 heterocycles. The van der Waals surface area contributed by atoms with E-state index in [1.54, 1.807) is 12.4 Å². The van der Waals surface area contributed by atoms with Crippen molar-refractivity contribution >= 4 is 11.6 Å². The van der Waals surface area contributed by atoms with Crippen molar-refractivity contribution in [2.75, 3.05) is 30.3 Å². The van der Waals surface area contributed by atoms with Crippen LogP contribution in [0.3, 0.4) is 0 Å². The molecule has 0 aliphatic rings. The first-order valence-electron chi connectivity index (χ1n) is 4.22. The van der Waals surface area contributed by atoms with Gasteiger partial charge in [-0.25, -0.2) is 9.97 Å². The number of nitrogen functional groups attached to an aromatic ring is 1. The van der Waals surface area contributed by atoms with E-state index in [1.165, 1.54) is 0 Å². The first kappa shape index (κ1) is 9.73. The summed E-state index contributed by atoms with van der Waals surface area (Å²) in [6.07, 6.45) is 3.14. The van der Waals surface area contributed by atoms with Crippen molar-refractivity contribution in [3.05, 3.63) is 12.4 Å². The first-order valence-corrected chi connectivity index (χ1v) is 4.22. The van der Waals surface area contributed by atoms with Gasteiger partial charge in [-0.05, 0) is 6.92 Å². The summed E-state index contributed by atoms with van der Waals surface area (Å²) in [7, 11) is 0. The molecule has 0 spiro atoms. The Kier molecular flexibility index (Phi) is 3.45. The molecule has 0 aliphatic carbocycles. The monoisotopic (exact) mass is 182 g/mol. The second-order valence-corrected chi connectivity index (χ2v) is 2.57. The first-order chi connectivity index (χ1) is 6.29. The summed E-state index contributed by atoms with van der Waals surface area (Å²) in [6, 6.07) is 0. The van der Waals surface area contributed by atoms with E-state index >= 15 is 0 Å². The van der Waals surface area contributed by atoms with Crippen molar-refractivity contribution in [1.82, 2.24) is 9.97 Å². The molecule has 1 aromatic heterocycles. The molecule has 72 valence electrons. The molecule has 0 unspecified atom stereocenters. The van der Waals surface area contributed by atoms with Crippen molar-refractivity contribution in [2.24, 2.45) is 0 Å². The van der Waals surface area contributed by atoms with Crippen LogP contribution in [-0.4, -0.2) is 34.8 Å². The van der Waals surface area contributed by atoms with Crippen LogP contribution < -0.4 is 10.6 Å². The molecule has 0 aliphatic heterocycles. The largest absolute Gasteiger partial charge is 0.395 e. The Hall–Kier alpha value is -1.36. The van der Waals surface area contributed by atoms with Crippen LogP contribution in [-0.2, 0) is 0 Å². The third-order valence-electron chi connectivity index (χ3n) is 1.76. The summed E-state index contributed by atoms with van der Waals surface area (Å²) in [6.45, 7) is 3.34. The summed E-state index contributed by atoms with van der Waals surface area (Å²) in [5.41, 5.74) is 5.63. The van der Waals surface area contributed by atoms with Gasteiger partial charge < -0.3 is 15.7 Å². The summed E-state index contributed by atoms with van der Waals surface area (Å²) in [4.78, 5) is 9.89. The number of likely N-dealkylation sites (N-methyl/N-ethyl adjacent to an activating group) is 1. The van der Waals surface area contributed by atoms with Gasteiger partial charge in [-0.2, -0.15) is 0 Å². The topological polar surface area (TPSA) is 75.3 Å². The molecule has 0 radical (unpaired) electrons. The molecule has 0 aromatic carbocycles. The van der Waals surface area contributed by atoms with Gasteiger partial charge in [-0.3, -0.25) is 0 Å². The third kappa shape index (κ3) is 2.29. The van der Waals surface area contributed by atoms with Crippen LogP contribution in [0.1, 0.15) is 6.92 Å². The second kappa shape index (κ2) is 4.61. The zero-order valence-electron chi connectivity index (χ0n) is 7.64. The molecular weight excluding hydrogens is 168 g/mol. The Balaban J connectivity index is 2.84. The predicted molar refractivity (Wildman–Crippen MR) is 51.4 cm³/mol. The van der Waals surface area contributed by atoms with Crippen molar-refractivity contribution in [2.45, 2.75) is 6.92 Å². The fourth-order valence-electron chi connectivity index (χ4n) is 1.12. The van der Waals surface area contributed by atoms with Crippen LogP contribution >= 0.6 is 0 Å². The van der Waals surface area contributed by atoms with E-state index < -0.39 is 0 Å². The molecule has 13 heavy (non-hydrogen) atoms. The van der Waals surface area contributed by atoms with E-state index in [0.29, 0.717) is 18.2 Å². The smallest absolute Gasteiger partial charge is 0.171 e. The highest BCUT2D eigenvalue weighted by molar-refractivity contribution is 5.56. The maximum atomic E-state index is 8.79. The normalized spacial score (nSPS) is 10.0. The van der Waals surface area contributed by atoms with Crippen molar-refractivity contribution in [3.63, 3.8) is 0 Å². The van der Waals surface area contributed by atoms with Gasteiger partial charge in [0.05, 0.1) is 6.61 Å². The number of aliphatic hydroxyl groups excluding tert-OH is 1. The average molecular weight is 182 g/mol. The fraction of sp³-hybridized carbons (Fsp3) is 0.500. The molecule has 3 N–H and O–H groups in total. The molecule has 0 amide bonds. The quantitative estimate of drug-likeness (QED) is 0.678. The number of aliphatic hydroxyl groups is 1. The van der Waals surface area contributed by atoms with Crippen LogP contribution in [0.5, 0.6) is 0 Å². The van der Waals surface area contributed by atoms with Gasteiger partial charge in [0.1, 0.15) is 0 Å². The fourth-order valence-corrected chi connectivity index (χ4v) is 1.12. The van der Waals surface area contributed by atoms with E-state index in [4.69, 9.17) is 10.8 Å². The Labute approximate surface area is 77.2 Å². The number of aromatic nitrogens is 2. The maximum absolute atomic E-state index is 8.79. The van der Waals surface area contributed by atoms with Crippen LogP contribution in [0.15, 0.2) is 12.4 Å². The van der Waals surface area contributed by atoms with Crippen molar-refractivity contribution < 1.29 is 5.11 Å². The molecule has 5 heteroatoms. The zero-order chi connectivity index (χ0) is 9.68. The Morgan fingerprint density at radius 1 is 1.46 bits per heavy atom. The summed E-state index contributed by atoms with van der Waals surface area (Å²) < 4.78 is 0. The van der Waals surface area contributed by atoms with E-state index in [0.717, 1.165) is 6.54 Å². The lowest BCUT2D eigenvalue weighted by molar-refractivity contribution is 0.302. The number of anilines is 2. The Morgan fingerprint density at radius 2 is 2.15 bits per heavy atom. The van der Waals surface area contributed by atoms with Crippen LogP contribution in [0.4, 0.5) is 11.6 Å². The molecule has 0 atom stereocenters. The van der Waals surface area contributed by atoms with Crippen LogP contribution in [0.2, 0.25) is 0 Å². The van der Waals surface area contributed by atoms with Crippen LogP contribution in [0, 0.1) is 0 Å². The number of hydrogen-bond acceptors (Lipinski definition) is 5. The van der Waals surface area contributed by atoms with E-state index in [-0.39, 0.29) is 6.61 Å². The lowest BCUT2D eigenvalue weighted by Gasteiger charge is -2.20. The van der Waals surface area contributed by atoms with E-state index in [2.05, 4.69) is 9.97 Å². The molecule has 1 aromatic rings. The van der Waals surface area contributed by atoms with Crippen LogP contribution in [0.25, 0.3) is 0 Å². The van der Waals surface area contributed by atoms with Gasteiger partial charge in [-0.1, -0.05) is 0 Å². The Morgan fingerprint density at radius 3 is 2.69 bits per heavy atom. The highest BCUT2D eigenvalue weighted by Crippen LogP contribution is 2.15. The summed E-state index contributed by atoms with van der Waals surface area (Å²) in [5.74, 6) is 1.04. The average Bonchev–Trinajstić information content (AvgIpc) is 2.16. The molecule has 1 rings (SSSR count). The molecular formula is C8H14N4O. The van der Waals surface area contributed by atoms with Gasteiger partial charge in [0.2, 0.25) is 0 Å². The maximum Gasteiger partial charge on any atom is 0.171 e. The minimum atomic E-state index is 0.0872. The lowest BCUT2D eigenvalue weighted by Crippen LogP contribution is -2.28. The van der Waals surface area contributed by atoms with Gasteiger partial charge in [-0.15, -0.1) is 0 Å². The van der Waals surface area contributed by atoms with E-state index in [1.807, 2.05) is 11.8 Å².